The first-order valence-corrected chi connectivity index (χ1v) is 20.1. The van der Waals surface area contributed by atoms with E-state index in [4.69, 9.17) is 0 Å². The maximum Gasteiger partial charge on any atom is 0.0543 e. The van der Waals surface area contributed by atoms with Crippen LogP contribution in [0.5, 0.6) is 0 Å². The summed E-state index contributed by atoms with van der Waals surface area (Å²) in [5, 5.41) is 2.74. The fraction of sp³-hybridized carbons (Fsp3) is 0.245. The van der Waals surface area contributed by atoms with Gasteiger partial charge in [0.25, 0.3) is 0 Å². The van der Waals surface area contributed by atoms with Crippen molar-refractivity contribution in [3.8, 4) is 33.4 Å². The molecule has 0 N–H and O–H groups in total. The number of nitrogens with zero attached hydrogens (tertiary/aromatic N) is 1. The zero-order valence-electron chi connectivity index (χ0n) is 32.5. The Balaban J connectivity index is 1.34. The fourth-order valence-corrected chi connectivity index (χ4v) is 9.53. The molecule has 7 aromatic carbocycles. The molecule has 7 aromatic rings. The van der Waals surface area contributed by atoms with Crippen LogP contribution >= 0.6 is 0 Å². The second kappa shape index (κ2) is 13.5. The topological polar surface area (TPSA) is 3.24 Å². The number of benzene rings is 7. The molecule has 0 radical (unpaired) electrons. The van der Waals surface area contributed by atoms with Gasteiger partial charge in [0.05, 0.1) is 11.4 Å². The number of hydrogen-bond donors (Lipinski definition) is 0. The Morgan fingerprint density at radius 3 is 1.94 bits per heavy atom. The van der Waals surface area contributed by atoms with Gasteiger partial charge >= 0.3 is 0 Å². The van der Waals surface area contributed by atoms with Crippen LogP contribution in [0.15, 0.2) is 152 Å². The lowest BCUT2D eigenvalue weighted by Gasteiger charge is -2.33. The van der Waals surface area contributed by atoms with Gasteiger partial charge in [0, 0.05) is 22.2 Å². The molecule has 1 nitrogen and oxygen atoms in total. The van der Waals surface area contributed by atoms with Gasteiger partial charge in [-0.1, -0.05) is 181 Å². The first-order valence-electron chi connectivity index (χ1n) is 20.1. The van der Waals surface area contributed by atoms with Gasteiger partial charge in [-0.2, -0.15) is 0 Å². The third-order valence-electron chi connectivity index (χ3n) is 12.4. The van der Waals surface area contributed by atoms with Crippen molar-refractivity contribution in [3.05, 3.63) is 174 Å². The number of anilines is 3. The molecule has 1 saturated carbocycles. The fourth-order valence-electron chi connectivity index (χ4n) is 9.53. The lowest BCUT2D eigenvalue weighted by Crippen LogP contribution is -2.18. The van der Waals surface area contributed by atoms with E-state index in [9.17, 15) is 0 Å². The molecule has 0 heterocycles. The SMILES string of the molecule is CC(C)(C)c1ccc(-c2ccccc2)c(N(c2ccc3c(c2)C(C)(C)c2ccccc2-3)c2ccccc2-c2cccc3cccc(C4CCCCC4)c23)c1. The van der Waals surface area contributed by atoms with Gasteiger partial charge in [-0.05, 0) is 104 Å². The summed E-state index contributed by atoms with van der Waals surface area (Å²) in [4.78, 5) is 2.58. The van der Waals surface area contributed by atoms with E-state index >= 15 is 0 Å². The minimum absolute atomic E-state index is 0.0265. The summed E-state index contributed by atoms with van der Waals surface area (Å²) >= 11 is 0. The van der Waals surface area contributed by atoms with E-state index < -0.39 is 0 Å². The molecule has 0 aliphatic heterocycles. The van der Waals surface area contributed by atoms with Crippen molar-refractivity contribution in [2.75, 3.05) is 4.90 Å². The highest BCUT2D eigenvalue weighted by atomic mass is 15.1. The summed E-state index contributed by atoms with van der Waals surface area (Å²) in [6.45, 7) is 11.7. The molecular weight excluding hydrogens is 651 g/mol. The Hall–Kier alpha value is -5.40. The molecule has 268 valence electrons. The van der Waals surface area contributed by atoms with E-state index in [1.54, 1.807) is 0 Å². The largest absolute Gasteiger partial charge is 0.309 e. The first kappa shape index (κ1) is 34.4. The van der Waals surface area contributed by atoms with Gasteiger partial charge in [-0.3, -0.25) is 0 Å². The molecule has 1 fully saturated rings. The van der Waals surface area contributed by atoms with Crippen LogP contribution in [0.2, 0.25) is 0 Å². The van der Waals surface area contributed by atoms with E-state index in [2.05, 4.69) is 191 Å². The maximum absolute atomic E-state index is 2.58. The lowest BCUT2D eigenvalue weighted by atomic mass is 9.80. The molecule has 2 aliphatic rings. The summed E-state index contributed by atoms with van der Waals surface area (Å²) < 4.78 is 0. The zero-order chi connectivity index (χ0) is 37.0. The number of hydrogen-bond acceptors (Lipinski definition) is 1. The smallest absolute Gasteiger partial charge is 0.0543 e. The second-order valence-corrected chi connectivity index (χ2v) is 17.2. The van der Waals surface area contributed by atoms with E-state index in [1.807, 2.05) is 0 Å². The molecule has 0 atom stereocenters. The van der Waals surface area contributed by atoms with Gasteiger partial charge in [0.15, 0.2) is 0 Å². The van der Waals surface area contributed by atoms with Gasteiger partial charge in [0.1, 0.15) is 0 Å². The standard InChI is InChI=1S/C53H51N/c1-52(2,3)39-30-32-41(36-18-8-6-9-19-36)50(34-39)54(40-31-33-44-43-24-12-14-28-47(43)53(4,5)48(44)35-40)49-29-15-13-25-45(49)46-27-17-23-38-22-16-26-42(51(38)46)37-20-10-7-11-21-37/h6,8-9,12-19,22-35,37H,7,10-11,20-21H2,1-5H3. The molecule has 0 spiro atoms. The van der Waals surface area contributed by atoms with Crippen molar-refractivity contribution in [3.63, 3.8) is 0 Å². The summed E-state index contributed by atoms with van der Waals surface area (Å²) in [7, 11) is 0. The molecule has 0 aromatic heterocycles. The summed E-state index contributed by atoms with van der Waals surface area (Å²) in [6.07, 6.45) is 6.53. The van der Waals surface area contributed by atoms with E-state index in [0.29, 0.717) is 5.92 Å². The Kier molecular flexibility index (Phi) is 8.57. The molecule has 2 aliphatic carbocycles. The van der Waals surface area contributed by atoms with Crippen molar-refractivity contribution < 1.29 is 0 Å². The molecule has 0 bridgehead atoms. The average Bonchev–Trinajstić information content (AvgIpc) is 3.43. The second-order valence-electron chi connectivity index (χ2n) is 17.2. The van der Waals surface area contributed by atoms with Crippen molar-refractivity contribution in [1.82, 2.24) is 0 Å². The van der Waals surface area contributed by atoms with Crippen LogP contribution in [-0.2, 0) is 10.8 Å². The van der Waals surface area contributed by atoms with Crippen LogP contribution in [-0.4, -0.2) is 0 Å². The Bertz CT molecular complexity index is 2480. The molecule has 0 saturated heterocycles. The molecular formula is C53H51N. The Morgan fingerprint density at radius 1 is 0.519 bits per heavy atom. The average molecular weight is 702 g/mol. The quantitative estimate of drug-likeness (QED) is 0.167. The number of fused-ring (bicyclic) bond motifs is 4. The molecule has 0 unspecified atom stereocenters. The van der Waals surface area contributed by atoms with Crippen LogP contribution in [0, 0.1) is 0 Å². The van der Waals surface area contributed by atoms with Crippen LogP contribution in [0.4, 0.5) is 17.1 Å². The predicted molar refractivity (Wildman–Crippen MR) is 232 cm³/mol. The Morgan fingerprint density at radius 2 is 1.17 bits per heavy atom. The third kappa shape index (κ3) is 5.86. The molecule has 54 heavy (non-hydrogen) atoms. The van der Waals surface area contributed by atoms with Crippen LogP contribution in [0.1, 0.15) is 94.9 Å². The molecule has 1 heteroatoms. The minimum Gasteiger partial charge on any atom is -0.309 e. The normalized spacial score (nSPS) is 15.2. The Labute approximate surface area is 322 Å². The van der Waals surface area contributed by atoms with Crippen LogP contribution in [0.3, 0.4) is 0 Å². The molecule has 9 rings (SSSR count). The van der Waals surface area contributed by atoms with E-state index in [0.717, 1.165) is 0 Å². The van der Waals surface area contributed by atoms with E-state index in [1.165, 1.54) is 116 Å². The highest BCUT2D eigenvalue weighted by Crippen LogP contribution is 2.53. The maximum atomic E-state index is 2.58. The number of para-hydroxylation sites is 1. The minimum atomic E-state index is -0.118. The van der Waals surface area contributed by atoms with Crippen molar-refractivity contribution in [1.29, 1.82) is 0 Å². The van der Waals surface area contributed by atoms with Crippen molar-refractivity contribution in [2.45, 2.75) is 83.5 Å². The monoisotopic (exact) mass is 701 g/mol. The summed E-state index contributed by atoms with van der Waals surface area (Å²) in [5.74, 6) is 0.598. The van der Waals surface area contributed by atoms with Gasteiger partial charge < -0.3 is 4.90 Å². The molecule has 0 amide bonds. The highest BCUT2D eigenvalue weighted by Gasteiger charge is 2.36. The van der Waals surface area contributed by atoms with E-state index in [-0.39, 0.29) is 10.8 Å². The van der Waals surface area contributed by atoms with Crippen LogP contribution in [0.25, 0.3) is 44.2 Å². The predicted octanol–water partition coefficient (Wildman–Crippen LogP) is 15.3. The van der Waals surface area contributed by atoms with Crippen LogP contribution < -0.4 is 4.90 Å². The highest BCUT2D eigenvalue weighted by molar-refractivity contribution is 6.04. The first-order chi connectivity index (χ1) is 26.2. The van der Waals surface area contributed by atoms with Gasteiger partial charge in [-0.25, -0.2) is 0 Å². The number of rotatable bonds is 6. The van der Waals surface area contributed by atoms with Crippen molar-refractivity contribution in [2.24, 2.45) is 0 Å². The summed E-state index contributed by atoms with van der Waals surface area (Å²) in [5.41, 5.74) is 16.7. The zero-order valence-corrected chi connectivity index (χ0v) is 32.5. The van der Waals surface area contributed by atoms with Gasteiger partial charge in [0.2, 0.25) is 0 Å². The van der Waals surface area contributed by atoms with Crippen molar-refractivity contribution >= 4 is 27.8 Å². The third-order valence-corrected chi connectivity index (χ3v) is 12.4. The lowest BCUT2D eigenvalue weighted by molar-refractivity contribution is 0.445. The summed E-state index contributed by atoms with van der Waals surface area (Å²) in [6, 6.07) is 57.4. The van der Waals surface area contributed by atoms with Gasteiger partial charge in [-0.15, -0.1) is 0 Å².